The number of aromatic nitrogens is 1. The number of H-pyrrole nitrogens is 1. The standard InChI is InChI=1S/C15H13ClN2O2S/c16-14-4-3-13(21-14)12(19)8-18-15(20)10-2-1-9-5-6-17-11(9)7-10/h1-7,12,17,19H,8H2,(H,18,20)/t12-/m0/s1. The summed E-state index contributed by atoms with van der Waals surface area (Å²) in [5.41, 5.74) is 1.47. The Morgan fingerprint density at radius 2 is 2.19 bits per heavy atom. The third-order valence-corrected chi connectivity index (χ3v) is 4.53. The fraction of sp³-hybridized carbons (Fsp3) is 0.133. The van der Waals surface area contributed by atoms with Gasteiger partial charge in [-0.3, -0.25) is 4.79 Å². The van der Waals surface area contributed by atoms with Crippen molar-refractivity contribution in [2.75, 3.05) is 6.54 Å². The number of amides is 1. The van der Waals surface area contributed by atoms with Gasteiger partial charge in [-0.2, -0.15) is 0 Å². The van der Waals surface area contributed by atoms with E-state index in [2.05, 4.69) is 10.3 Å². The zero-order valence-electron chi connectivity index (χ0n) is 11.0. The summed E-state index contributed by atoms with van der Waals surface area (Å²) in [6, 6.07) is 10.9. The average Bonchev–Trinajstić information content (AvgIpc) is 3.12. The smallest absolute Gasteiger partial charge is 0.251 e. The Balaban J connectivity index is 1.65. The minimum Gasteiger partial charge on any atom is -0.386 e. The molecule has 1 atom stereocenters. The first-order chi connectivity index (χ1) is 10.1. The molecule has 3 rings (SSSR count). The molecule has 2 aromatic heterocycles. The summed E-state index contributed by atoms with van der Waals surface area (Å²) in [4.78, 5) is 15.9. The second-order valence-corrected chi connectivity index (χ2v) is 6.39. The summed E-state index contributed by atoms with van der Waals surface area (Å²) >= 11 is 7.13. The van der Waals surface area contributed by atoms with Gasteiger partial charge in [0.1, 0.15) is 6.10 Å². The van der Waals surface area contributed by atoms with Crippen molar-refractivity contribution in [3.63, 3.8) is 0 Å². The Morgan fingerprint density at radius 3 is 2.95 bits per heavy atom. The van der Waals surface area contributed by atoms with Crippen LogP contribution in [0.5, 0.6) is 0 Å². The lowest BCUT2D eigenvalue weighted by Crippen LogP contribution is -2.28. The fourth-order valence-electron chi connectivity index (χ4n) is 2.09. The molecule has 2 heterocycles. The molecule has 0 unspecified atom stereocenters. The second kappa shape index (κ2) is 5.89. The SMILES string of the molecule is O=C(NC[C@H](O)c1ccc(Cl)s1)c1ccc2cc[nH]c2c1. The molecule has 0 fully saturated rings. The third-order valence-electron chi connectivity index (χ3n) is 3.20. The Labute approximate surface area is 130 Å². The lowest BCUT2D eigenvalue weighted by Gasteiger charge is -2.10. The van der Waals surface area contributed by atoms with Crippen LogP contribution in [0, 0.1) is 0 Å². The van der Waals surface area contributed by atoms with Crippen LogP contribution in [-0.2, 0) is 0 Å². The Bertz CT molecular complexity index is 781. The summed E-state index contributed by atoms with van der Waals surface area (Å²) in [6.45, 7) is 0.151. The number of rotatable bonds is 4. The maximum atomic E-state index is 12.1. The van der Waals surface area contributed by atoms with Crippen molar-refractivity contribution in [1.82, 2.24) is 10.3 Å². The van der Waals surface area contributed by atoms with E-state index in [9.17, 15) is 9.90 Å². The van der Waals surface area contributed by atoms with Crippen molar-refractivity contribution >= 4 is 39.7 Å². The van der Waals surface area contributed by atoms with E-state index in [1.807, 2.05) is 18.3 Å². The van der Waals surface area contributed by atoms with E-state index in [0.29, 0.717) is 9.90 Å². The highest BCUT2D eigenvalue weighted by Gasteiger charge is 2.13. The van der Waals surface area contributed by atoms with E-state index in [0.717, 1.165) is 15.8 Å². The Morgan fingerprint density at radius 1 is 1.33 bits per heavy atom. The number of aliphatic hydroxyl groups excluding tert-OH is 1. The van der Waals surface area contributed by atoms with Crippen LogP contribution in [0.1, 0.15) is 21.3 Å². The number of halogens is 1. The molecule has 3 N–H and O–H groups in total. The number of carbonyl (C=O) groups is 1. The number of aliphatic hydroxyl groups is 1. The number of fused-ring (bicyclic) bond motifs is 1. The van der Waals surface area contributed by atoms with Gasteiger partial charge in [-0.1, -0.05) is 17.7 Å². The minimum absolute atomic E-state index is 0.151. The maximum Gasteiger partial charge on any atom is 0.251 e. The zero-order valence-corrected chi connectivity index (χ0v) is 12.5. The number of hydrogen-bond acceptors (Lipinski definition) is 3. The van der Waals surface area contributed by atoms with Gasteiger partial charge in [-0.15, -0.1) is 11.3 Å². The van der Waals surface area contributed by atoms with Gasteiger partial charge >= 0.3 is 0 Å². The molecule has 0 aliphatic heterocycles. The topological polar surface area (TPSA) is 65.1 Å². The van der Waals surface area contributed by atoms with Gasteiger partial charge < -0.3 is 15.4 Å². The van der Waals surface area contributed by atoms with Gasteiger partial charge in [0.05, 0.1) is 4.34 Å². The van der Waals surface area contributed by atoms with Crippen LogP contribution in [0.4, 0.5) is 0 Å². The molecule has 0 saturated carbocycles. The zero-order chi connectivity index (χ0) is 14.8. The Hall–Kier alpha value is -1.82. The van der Waals surface area contributed by atoms with E-state index >= 15 is 0 Å². The van der Waals surface area contributed by atoms with Crippen LogP contribution in [0.2, 0.25) is 4.34 Å². The molecule has 6 heteroatoms. The number of carbonyl (C=O) groups excluding carboxylic acids is 1. The van der Waals surface area contributed by atoms with E-state index in [-0.39, 0.29) is 12.5 Å². The molecular weight excluding hydrogens is 308 g/mol. The molecule has 4 nitrogen and oxygen atoms in total. The molecule has 0 saturated heterocycles. The van der Waals surface area contributed by atoms with Gasteiger partial charge in [0.25, 0.3) is 5.91 Å². The summed E-state index contributed by atoms with van der Waals surface area (Å²) in [5.74, 6) is -0.215. The fourth-order valence-corrected chi connectivity index (χ4v) is 3.14. The number of nitrogens with one attached hydrogen (secondary N) is 2. The van der Waals surface area contributed by atoms with Gasteiger partial charge in [-0.25, -0.2) is 0 Å². The molecule has 1 amide bonds. The van der Waals surface area contributed by atoms with E-state index in [1.54, 1.807) is 24.3 Å². The lowest BCUT2D eigenvalue weighted by atomic mass is 10.1. The third kappa shape index (κ3) is 3.10. The van der Waals surface area contributed by atoms with Crippen molar-refractivity contribution in [3.05, 3.63) is 57.4 Å². The van der Waals surface area contributed by atoms with Crippen LogP contribution >= 0.6 is 22.9 Å². The van der Waals surface area contributed by atoms with Crippen LogP contribution in [0.3, 0.4) is 0 Å². The van der Waals surface area contributed by atoms with Crippen molar-refractivity contribution < 1.29 is 9.90 Å². The molecule has 0 radical (unpaired) electrons. The summed E-state index contributed by atoms with van der Waals surface area (Å²) in [7, 11) is 0. The molecule has 21 heavy (non-hydrogen) atoms. The van der Waals surface area contributed by atoms with Gasteiger partial charge in [-0.05, 0) is 35.7 Å². The lowest BCUT2D eigenvalue weighted by molar-refractivity contribution is 0.0918. The van der Waals surface area contributed by atoms with E-state index < -0.39 is 6.10 Å². The molecule has 0 bridgehead atoms. The first kappa shape index (κ1) is 14.1. The molecule has 1 aromatic carbocycles. The van der Waals surface area contributed by atoms with Gasteiger partial charge in [0.2, 0.25) is 0 Å². The highest BCUT2D eigenvalue weighted by molar-refractivity contribution is 7.16. The Kier molecular flexibility index (Phi) is 3.96. The van der Waals surface area contributed by atoms with E-state index in [4.69, 9.17) is 11.6 Å². The van der Waals surface area contributed by atoms with Crippen LogP contribution in [0.15, 0.2) is 42.6 Å². The number of benzene rings is 1. The van der Waals surface area contributed by atoms with Crippen molar-refractivity contribution in [1.29, 1.82) is 0 Å². The summed E-state index contributed by atoms with van der Waals surface area (Å²) < 4.78 is 0.618. The predicted molar refractivity (Wildman–Crippen MR) is 84.9 cm³/mol. The highest BCUT2D eigenvalue weighted by atomic mass is 35.5. The summed E-state index contributed by atoms with van der Waals surface area (Å²) in [6.07, 6.45) is 1.08. The molecule has 0 spiro atoms. The van der Waals surface area contributed by atoms with Crippen molar-refractivity contribution in [2.24, 2.45) is 0 Å². The van der Waals surface area contributed by atoms with Crippen LogP contribution in [-0.4, -0.2) is 22.5 Å². The second-order valence-electron chi connectivity index (χ2n) is 4.65. The molecule has 0 aliphatic carbocycles. The quantitative estimate of drug-likeness (QED) is 0.690. The predicted octanol–water partition coefficient (Wildman–Crippen LogP) is 3.35. The average molecular weight is 321 g/mol. The summed E-state index contributed by atoms with van der Waals surface area (Å²) in [5, 5.41) is 13.8. The monoisotopic (exact) mass is 320 g/mol. The molecular formula is C15H13ClN2O2S. The first-order valence-corrected chi connectivity index (χ1v) is 7.61. The highest BCUT2D eigenvalue weighted by Crippen LogP contribution is 2.26. The number of hydrogen-bond donors (Lipinski definition) is 3. The van der Waals surface area contributed by atoms with Gasteiger partial charge in [0.15, 0.2) is 0 Å². The van der Waals surface area contributed by atoms with Crippen molar-refractivity contribution in [2.45, 2.75) is 6.10 Å². The van der Waals surface area contributed by atoms with Gasteiger partial charge in [0, 0.05) is 28.7 Å². The molecule has 108 valence electrons. The van der Waals surface area contributed by atoms with Crippen LogP contribution < -0.4 is 5.32 Å². The normalized spacial score (nSPS) is 12.5. The molecule has 0 aliphatic rings. The minimum atomic E-state index is -0.749. The van der Waals surface area contributed by atoms with Crippen LogP contribution in [0.25, 0.3) is 10.9 Å². The number of thiophene rings is 1. The molecule has 3 aromatic rings. The van der Waals surface area contributed by atoms with E-state index in [1.165, 1.54) is 11.3 Å². The van der Waals surface area contributed by atoms with Crippen molar-refractivity contribution in [3.8, 4) is 0 Å². The largest absolute Gasteiger partial charge is 0.386 e. The number of aromatic amines is 1. The first-order valence-electron chi connectivity index (χ1n) is 6.42. The maximum absolute atomic E-state index is 12.1.